The summed E-state index contributed by atoms with van der Waals surface area (Å²) >= 11 is 0. The second-order valence-electron chi connectivity index (χ2n) is 9.95. The van der Waals surface area contributed by atoms with Crippen LogP contribution in [0.1, 0.15) is 60.0 Å². The lowest BCUT2D eigenvalue weighted by Crippen LogP contribution is -2.57. The van der Waals surface area contributed by atoms with Crippen molar-refractivity contribution in [1.82, 2.24) is 25.1 Å². The first kappa shape index (κ1) is 23.2. The Labute approximate surface area is 186 Å². The molecule has 3 rings (SSSR count). The zero-order valence-corrected chi connectivity index (χ0v) is 19.5. The van der Waals surface area contributed by atoms with Crippen LogP contribution in [0.25, 0.3) is 5.65 Å². The second kappa shape index (κ2) is 7.92. The van der Waals surface area contributed by atoms with Crippen molar-refractivity contribution in [2.75, 3.05) is 6.61 Å². The molecule has 0 spiro atoms. The standard InChI is InChI=1S/C22H30N6O4/c1-20(2,3)16-12-17-24-25-19(27(17)26-16)21(4,5)22(6,7)23-18(29)13-32-15-11-9-8-10-14(15)28(30)31/h8-12,26H,13H2,1-7H3,(H,23,29). The van der Waals surface area contributed by atoms with Gasteiger partial charge in [-0.05, 0) is 19.9 Å². The number of H-pyrrole nitrogens is 1. The molecule has 0 aliphatic rings. The SMILES string of the molecule is CC(C)(C)c1cc2nnc(C(C)(C)C(C)(C)NC(=O)COc3ccccc3[N+](=O)[O-])n2[nH]1. The number of hydrogen-bond acceptors (Lipinski definition) is 6. The van der Waals surface area contributed by atoms with Crippen molar-refractivity contribution in [2.45, 2.75) is 64.8 Å². The van der Waals surface area contributed by atoms with Crippen molar-refractivity contribution in [3.05, 3.63) is 52.0 Å². The first-order valence-electron chi connectivity index (χ1n) is 10.4. The van der Waals surface area contributed by atoms with Gasteiger partial charge >= 0.3 is 5.69 Å². The Morgan fingerprint density at radius 1 is 1.16 bits per heavy atom. The molecular weight excluding hydrogens is 412 g/mol. The molecule has 0 bridgehead atoms. The van der Waals surface area contributed by atoms with Gasteiger partial charge in [-0.25, -0.2) is 4.52 Å². The summed E-state index contributed by atoms with van der Waals surface area (Å²) in [6.45, 7) is 13.7. The molecule has 2 aromatic heterocycles. The topological polar surface area (TPSA) is 127 Å². The van der Waals surface area contributed by atoms with E-state index in [9.17, 15) is 14.9 Å². The lowest BCUT2D eigenvalue weighted by molar-refractivity contribution is -0.385. The van der Waals surface area contributed by atoms with Crippen LogP contribution in [0.15, 0.2) is 30.3 Å². The highest BCUT2D eigenvalue weighted by molar-refractivity contribution is 5.78. The fraction of sp³-hybridized carbons (Fsp3) is 0.500. The van der Waals surface area contributed by atoms with Crippen molar-refractivity contribution in [1.29, 1.82) is 0 Å². The molecule has 0 aliphatic heterocycles. The molecule has 10 heteroatoms. The number of carbonyl (C=O) groups excluding carboxylic acids is 1. The largest absolute Gasteiger partial charge is 0.477 e. The number of nitrogens with one attached hydrogen (secondary N) is 2. The number of benzene rings is 1. The molecule has 0 saturated heterocycles. The van der Waals surface area contributed by atoms with E-state index in [4.69, 9.17) is 4.74 Å². The maximum Gasteiger partial charge on any atom is 0.310 e. The summed E-state index contributed by atoms with van der Waals surface area (Å²) in [4.78, 5) is 23.3. The van der Waals surface area contributed by atoms with Gasteiger partial charge in [0.2, 0.25) is 0 Å². The monoisotopic (exact) mass is 442 g/mol. The number of nitro groups is 1. The molecule has 0 fully saturated rings. The van der Waals surface area contributed by atoms with E-state index in [-0.39, 0.29) is 23.5 Å². The number of ether oxygens (including phenoxy) is 1. The van der Waals surface area contributed by atoms with Crippen molar-refractivity contribution in [3.63, 3.8) is 0 Å². The van der Waals surface area contributed by atoms with Crippen LogP contribution in [0.5, 0.6) is 5.75 Å². The zero-order chi connectivity index (χ0) is 23.9. The van der Waals surface area contributed by atoms with Crippen molar-refractivity contribution >= 4 is 17.2 Å². The van der Waals surface area contributed by atoms with Gasteiger partial charge in [0.05, 0.1) is 4.92 Å². The molecule has 172 valence electrons. The van der Waals surface area contributed by atoms with Gasteiger partial charge in [0.1, 0.15) is 0 Å². The predicted molar refractivity (Wildman–Crippen MR) is 120 cm³/mol. The number of carbonyl (C=O) groups is 1. The quantitative estimate of drug-likeness (QED) is 0.426. The molecule has 32 heavy (non-hydrogen) atoms. The van der Waals surface area contributed by atoms with Crippen molar-refractivity contribution < 1.29 is 14.5 Å². The number of aromatic amines is 1. The van der Waals surface area contributed by atoms with Crippen LogP contribution >= 0.6 is 0 Å². The number of amides is 1. The number of fused-ring (bicyclic) bond motifs is 1. The average Bonchev–Trinajstić information content (AvgIpc) is 3.26. The van der Waals surface area contributed by atoms with Crippen molar-refractivity contribution in [2.24, 2.45) is 0 Å². The molecule has 0 radical (unpaired) electrons. The van der Waals surface area contributed by atoms with Gasteiger partial charge in [-0.3, -0.25) is 20.0 Å². The summed E-state index contributed by atoms with van der Waals surface area (Å²) in [5.41, 5.74) is 0.0990. The van der Waals surface area contributed by atoms with E-state index < -0.39 is 21.8 Å². The van der Waals surface area contributed by atoms with Gasteiger partial charge in [0, 0.05) is 34.2 Å². The summed E-state index contributed by atoms with van der Waals surface area (Å²) < 4.78 is 7.27. The third-order valence-corrected chi connectivity index (χ3v) is 6.00. The van der Waals surface area contributed by atoms with Crippen LogP contribution in [-0.2, 0) is 15.6 Å². The zero-order valence-electron chi connectivity index (χ0n) is 19.5. The van der Waals surface area contributed by atoms with E-state index in [0.717, 1.165) is 5.69 Å². The molecule has 2 N–H and O–H groups in total. The van der Waals surface area contributed by atoms with Crippen LogP contribution in [-0.4, -0.2) is 42.8 Å². The third-order valence-electron chi connectivity index (χ3n) is 6.00. The van der Waals surface area contributed by atoms with Crippen LogP contribution in [0, 0.1) is 10.1 Å². The van der Waals surface area contributed by atoms with Gasteiger partial charge in [0.15, 0.2) is 23.8 Å². The number of para-hydroxylation sites is 2. The van der Waals surface area contributed by atoms with E-state index in [2.05, 4.69) is 41.4 Å². The minimum atomic E-state index is -0.744. The normalized spacial score (nSPS) is 12.7. The van der Waals surface area contributed by atoms with Crippen LogP contribution < -0.4 is 10.1 Å². The second-order valence-corrected chi connectivity index (χ2v) is 9.95. The molecule has 3 aromatic rings. The molecule has 0 atom stereocenters. The summed E-state index contributed by atoms with van der Waals surface area (Å²) in [6, 6.07) is 7.93. The molecule has 0 aliphatic carbocycles. The third kappa shape index (κ3) is 4.30. The van der Waals surface area contributed by atoms with Gasteiger partial charge < -0.3 is 10.1 Å². The molecule has 1 amide bonds. The summed E-state index contributed by atoms with van der Waals surface area (Å²) in [7, 11) is 0. The number of rotatable bonds is 7. The first-order chi connectivity index (χ1) is 14.7. The number of hydrogen-bond donors (Lipinski definition) is 2. The van der Waals surface area contributed by atoms with Gasteiger partial charge in [-0.2, -0.15) is 0 Å². The highest BCUT2D eigenvalue weighted by atomic mass is 16.6. The molecule has 2 heterocycles. The van der Waals surface area contributed by atoms with Gasteiger partial charge in [-0.1, -0.05) is 46.8 Å². The predicted octanol–water partition coefficient (Wildman–Crippen LogP) is 3.51. The summed E-state index contributed by atoms with van der Waals surface area (Å²) in [5.74, 6) is 0.321. The molecule has 10 nitrogen and oxygen atoms in total. The number of nitro benzene ring substituents is 1. The van der Waals surface area contributed by atoms with Crippen molar-refractivity contribution in [3.8, 4) is 5.75 Å². The number of nitrogens with zero attached hydrogens (tertiary/aromatic N) is 4. The summed E-state index contributed by atoms with van der Waals surface area (Å²) in [6.07, 6.45) is 0. The van der Waals surface area contributed by atoms with E-state index >= 15 is 0 Å². The Bertz CT molecular complexity index is 1150. The first-order valence-corrected chi connectivity index (χ1v) is 10.4. The average molecular weight is 443 g/mol. The highest BCUT2D eigenvalue weighted by Crippen LogP contribution is 2.34. The van der Waals surface area contributed by atoms with Crippen LogP contribution in [0.3, 0.4) is 0 Å². The van der Waals surface area contributed by atoms with Gasteiger partial charge in [-0.15, -0.1) is 10.2 Å². The number of aromatic nitrogens is 4. The Morgan fingerprint density at radius 2 is 1.81 bits per heavy atom. The highest BCUT2D eigenvalue weighted by Gasteiger charge is 2.43. The smallest absolute Gasteiger partial charge is 0.310 e. The minimum absolute atomic E-state index is 0.0463. The Hall–Kier alpha value is -3.43. The maximum atomic E-state index is 12.7. The lowest BCUT2D eigenvalue weighted by Gasteiger charge is -2.40. The fourth-order valence-electron chi connectivity index (χ4n) is 3.26. The molecule has 0 saturated carbocycles. The van der Waals surface area contributed by atoms with E-state index in [1.54, 1.807) is 12.1 Å². The Kier molecular flexibility index (Phi) is 5.75. The van der Waals surface area contributed by atoms with Gasteiger partial charge in [0.25, 0.3) is 5.91 Å². The maximum absolute atomic E-state index is 12.7. The van der Waals surface area contributed by atoms with Crippen LogP contribution in [0.2, 0.25) is 0 Å². The molecule has 1 aromatic carbocycles. The minimum Gasteiger partial charge on any atom is -0.477 e. The van der Waals surface area contributed by atoms with Crippen LogP contribution in [0.4, 0.5) is 5.69 Å². The molecule has 0 unspecified atom stereocenters. The van der Waals surface area contributed by atoms with E-state index in [1.165, 1.54) is 12.1 Å². The fourth-order valence-corrected chi connectivity index (χ4v) is 3.26. The Balaban J connectivity index is 1.78. The van der Waals surface area contributed by atoms with E-state index in [1.807, 2.05) is 38.3 Å². The summed E-state index contributed by atoms with van der Waals surface area (Å²) in [5, 5.41) is 26.1. The molecular formula is C22H30N6O4. The van der Waals surface area contributed by atoms with E-state index in [0.29, 0.717) is 11.5 Å². The lowest BCUT2D eigenvalue weighted by atomic mass is 9.73. The Morgan fingerprint density at radius 3 is 2.44 bits per heavy atom.